The molecule has 0 aromatic carbocycles. The van der Waals surface area contributed by atoms with Gasteiger partial charge in [0.1, 0.15) is 0 Å². The molecule has 3 aliphatic rings. The molecule has 1 aromatic rings. The molecule has 0 bridgehead atoms. The molecule has 2 fully saturated rings. The van der Waals surface area contributed by atoms with E-state index in [1.807, 2.05) is 11.8 Å². The Morgan fingerprint density at radius 3 is 2.73 bits per heavy atom. The molecule has 1 saturated heterocycles. The Kier molecular flexibility index (Phi) is 4.75. The zero-order chi connectivity index (χ0) is 18.3. The molecule has 1 N–H and O–H groups in total. The Labute approximate surface area is 159 Å². The molecular weight excluding hydrogens is 348 g/mol. The summed E-state index contributed by atoms with van der Waals surface area (Å²) in [5, 5.41) is 0.00514. The largest absolute Gasteiger partial charge is 0.348 e. The lowest BCUT2D eigenvalue weighted by Crippen LogP contribution is -2.59. The number of aromatic amines is 1. The third-order valence-electron chi connectivity index (χ3n) is 6.12. The van der Waals surface area contributed by atoms with E-state index in [1.54, 1.807) is 18.1 Å². The summed E-state index contributed by atoms with van der Waals surface area (Å²) < 4.78 is 0. The van der Waals surface area contributed by atoms with Gasteiger partial charge in [0.05, 0.1) is 22.8 Å². The number of fused-ring (bicyclic) bond motifs is 2. The van der Waals surface area contributed by atoms with E-state index in [0.717, 1.165) is 50.1 Å². The smallest absolute Gasteiger partial charge is 0.235 e. The number of piperidine rings is 1. The Balaban J connectivity index is 1.56. The van der Waals surface area contributed by atoms with E-state index in [-0.39, 0.29) is 22.6 Å². The van der Waals surface area contributed by atoms with E-state index in [2.05, 4.69) is 21.8 Å². The number of nitrogens with zero attached hydrogens (tertiary/aromatic N) is 3. The van der Waals surface area contributed by atoms with Crippen LogP contribution in [0.5, 0.6) is 0 Å². The Hall–Kier alpha value is -1.50. The van der Waals surface area contributed by atoms with Crippen LogP contribution in [0.15, 0.2) is 6.33 Å². The summed E-state index contributed by atoms with van der Waals surface area (Å²) in [4.78, 5) is 37.7. The van der Waals surface area contributed by atoms with Gasteiger partial charge in [-0.15, -0.1) is 11.8 Å². The first-order valence-electron chi connectivity index (χ1n) is 9.81. The molecule has 26 heavy (non-hydrogen) atoms. The van der Waals surface area contributed by atoms with Gasteiger partial charge in [-0.2, -0.15) is 0 Å². The summed E-state index contributed by atoms with van der Waals surface area (Å²) in [6.45, 7) is 6.25. The number of hydrogen-bond acceptors (Lipinski definition) is 4. The minimum Gasteiger partial charge on any atom is -0.348 e. The number of carbonyl (C=O) groups is 2. The van der Waals surface area contributed by atoms with Crippen LogP contribution >= 0.6 is 11.8 Å². The lowest BCUT2D eigenvalue weighted by molar-refractivity contribution is -0.145. The molecular formula is C19H28N4O2S. The summed E-state index contributed by atoms with van der Waals surface area (Å²) in [6.07, 6.45) is 6.24. The SMILES string of the molecule is CCS[C@@H](C)C(=O)N1CCC2(CC1)c1nc[nH]c1CCN2C(=O)C1CC1. The average Bonchev–Trinajstić information content (AvgIpc) is 3.39. The van der Waals surface area contributed by atoms with Crippen molar-refractivity contribution in [2.24, 2.45) is 5.92 Å². The van der Waals surface area contributed by atoms with Gasteiger partial charge in [-0.05, 0) is 38.4 Å². The van der Waals surface area contributed by atoms with Gasteiger partial charge in [-0.1, -0.05) is 6.92 Å². The van der Waals surface area contributed by atoms with Gasteiger partial charge >= 0.3 is 0 Å². The monoisotopic (exact) mass is 376 g/mol. The standard InChI is InChI=1S/C19H28N4O2S/c1-3-26-13(2)17(24)22-10-7-19(8-11-22)16-15(20-12-21-16)6-9-23(19)18(25)14-4-5-14/h12-14H,3-11H2,1-2H3,(H,20,21)/t13-/m0/s1. The molecule has 2 amide bonds. The van der Waals surface area contributed by atoms with E-state index in [9.17, 15) is 9.59 Å². The maximum Gasteiger partial charge on any atom is 0.235 e. The van der Waals surface area contributed by atoms with E-state index in [1.165, 1.54) is 5.69 Å². The van der Waals surface area contributed by atoms with Crippen LogP contribution in [-0.2, 0) is 21.5 Å². The van der Waals surface area contributed by atoms with Crippen molar-refractivity contribution < 1.29 is 9.59 Å². The number of amides is 2. The predicted molar refractivity (Wildman–Crippen MR) is 102 cm³/mol. The quantitative estimate of drug-likeness (QED) is 0.874. The number of rotatable bonds is 4. The van der Waals surface area contributed by atoms with Crippen LogP contribution in [0, 0.1) is 5.92 Å². The highest BCUT2D eigenvalue weighted by atomic mass is 32.2. The molecule has 1 atom stereocenters. The van der Waals surface area contributed by atoms with Crippen molar-refractivity contribution in [3.63, 3.8) is 0 Å². The molecule has 1 spiro atoms. The fourth-order valence-corrected chi connectivity index (χ4v) is 5.32. The van der Waals surface area contributed by atoms with Crippen molar-refractivity contribution in [3.05, 3.63) is 17.7 Å². The van der Waals surface area contributed by atoms with Crippen LogP contribution < -0.4 is 0 Å². The summed E-state index contributed by atoms with van der Waals surface area (Å²) in [5.41, 5.74) is 1.88. The molecule has 3 heterocycles. The minimum atomic E-state index is -0.328. The fourth-order valence-electron chi connectivity index (χ4n) is 4.53. The van der Waals surface area contributed by atoms with Gasteiger partial charge in [-0.3, -0.25) is 9.59 Å². The first-order valence-corrected chi connectivity index (χ1v) is 10.9. The maximum atomic E-state index is 13.0. The van der Waals surface area contributed by atoms with Crippen molar-refractivity contribution in [2.45, 2.75) is 56.7 Å². The average molecular weight is 377 g/mol. The number of likely N-dealkylation sites (tertiary alicyclic amines) is 1. The summed E-state index contributed by atoms with van der Waals surface area (Å²) in [6, 6.07) is 0. The normalized spacial score (nSPS) is 23.0. The Morgan fingerprint density at radius 1 is 1.35 bits per heavy atom. The van der Waals surface area contributed by atoms with Crippen LogP contribution in [-0.4, -0.2) is 62.2 Å². The van der Waals surface area contributed by atoms with Gasteiger partial charge in [0.25, 0.3) is 0 Å². The zero-order valence-corrected chi connectivity index (χ0v) is 16.5. The highest BCUT2D eigenvalue weighted by molar-refractivity contribution is 8.00. The Bertz CT molecular complexity index is 691. The zero-order valence-electron chi connectivity index (χ0n) is 15.7. The number of nitrogens with one attached hydrogen (secondary N) is 1. The van der Waals surface area contributed by atoms with E-state index in [4.69, 9.17) is 0 Å². The van der Waals surface area contributed by atoms with E-state index < -0.39 is 0 Å². The van der Waals surface area contributed by atoms with Crippen LogP contribution in [0.1, 0.15) is 50.9 Å². The highest BCUT2D eigenvalue weighted by Crippen LogP contribution is 2.45. The first-order chi connectivity index (χ1) is 12.6. The lowest BCUT2D eigenvalue weighted by Gasteiger charge is -2.50. The Morgan fingerprint density at radius 2 is 2.08 bits per heavy atom. The topological polar surface area (TPSA) is 69.3 Å². The van der Waals surface area contributed by atoms with Crippen LogP contribution in [0.25, 0.3) is 0 Å². The van der Waals surface area contributed by atoms with Gasteiger partial charge in [0.2, 0.25) is 11.8 Å². The number of H-pyrrole nitrogens is 1. The predicted octanol–water partition coefficient (Wildman–Crippen LogP) is 2.16. The maximum absolute atomic E-state index is 13.0. The number of aromatic nitrogens is 2. The van der Waals surface area contributed by atoms with Crippen molar-refractivity contribution in [1.29, 1.82) is 0 Å². The van der Waals surface area contributed by atoms with Crippen molar-refractivity contribution >= 4 is 23.6 Å². The third kappa shape index (κ3) is 2.94. The van der Waals surface area contributed by atoms with Gasteiger partial charge in [0, 0.05) is 37.7 Å². The van der Waals surface area contributed by atoms with Crippen molar-refractivity contribution in [3.8, 4) is 0 Å². The van der Waals surface area contributed by atoms with E-state index in [0.29, 0.717) is 19.0 Å². The molecule has 142 valence electrons. The van der Waals surface area contributed by atoms with Crippen LogP contribution in [0.2, 0.25) is 0 Å². The molecule has 0 unspecified atom stereocenters. The van der Waals surface area contributed by atoms with Gasteiger partial charge in [0.15, 0.2) is 0 Å². The number of thioether (sulfide) groups is 1. The summed E-state index contributed by atoms with van der Waals surface area (Å²) in [5.74, 6) is 1.69. The fraction of sp³-hybridized carbons (Fsp3) is 0.737. The number of imidazole rings is 1. The molecule has 7 heteroatoms. The lowest BCUT2D eigenvalue weighted by atomic mass is 9.78. The molecule has 6 nitrogen and oxygen atoms in total. The molecule has 2 aliphatic heterocycles. The summed E-state index contributed by atoms with van der Waals surface area (Å²) in [7, 11) is 0. The second-order valence-electron chi connectivity index (χ2n) is 7.70. The first kappa shape index (κ1) is 17.9. The van der Waals surface area contributed by atoms with Crippen molar-refractivity contribution in [2.75, 3.05) is 25.4 Å². The molecule has 1 saturated carbocycles. The minimum absolute atomic E-state index is 0.00514. The highest BCUT2D eigenvalue weighted by Gasteiger charge is 2.51. The second-order valence-corrected chi connectivity index (χ2v) is 9.32. The van der Waals surface area contributed by atoms with E-state index >= 15 is 0 Å². The van der Waals surface area contributed by atoms with Crippen LogP contribution in [0.3, 0.4) is 0 Å². The molecule has 4 rings (SSSR count). The van der Waals surface area contributed by atoms with Crippen LogP contribution in [0.4, 0.5) is 0 Å². The molecule has 1 aliphatic carbocycles. The van der Waals surface area contributed by atoms with Gasteiger partial charge < -0.3 is 14.8 Å². The van der Waals surface area contributed by atoms with Gasteiger partial charge in [-0.25, -0.2) is 4.98 Å². The number of hydrogen-bond donors (Lipinski definition) is 1. The molecule has 0 radical (unpaired) electrons. The second kappa shape index (κ2) is 6.91. The third-order valence-corrected chi connectivity index (χ3v) is 7.16. The number of carbonyl (C=O) groups excluding carboxylic acids is 2. The van der Waals surface area contributed by atoms with Crippen molar-refractivity contribution in [1.82, 2.24) is 19.8 Å². The molecule has 1 aromatic heterocycles. The summed E-state index contributed by atoms with van der Waals surface area (Å²) >= 11 is 1.69.